The lowest BCUT2D eigenvalue weighted by atomic mass is 10.1. The molecule has 3 aromatic rings. The standard InChI is InChI=1S/C30H32N2O6S.C4H4O4/c1-20(33)38-28-29(22-9-11-23(35-3)12-10-22)39-27-7-5-4-6-24(27)32(30(28)34)17-16-31(2)15-14-21-8-13-25-26(18-21)37-19-36-25;5-3(6)1-2-4(7)8/h4-13,18,28-29H,14-17,19H2,1-3H3;1-2H,(H,5,6)(H,7,8)/b;2-1+/t28-,29+;/m0./s1. The maximum Gasteiger partial charge on any atom is 0.328 e. The van der Waals surface area contributed by atoms with Crippen LogP contribution in [0.25, 0.3) is 0 Å². The molecule has 2 aliphatic heterocycles. The van der Waals surface area contributed by atoms with Crippen LogP contribution in [0.15, 0.2) is 83.8 Å². The number of carboxylic acids is 2. The molecule has 2 aliphatic rings. The average molecular weight is 665 g/mol. The highest BCUT2D eigenvalue weighted by molar-refractivity contribution is 7.99. The molecule has 2 heterocycles. The minimum atomic E-state index is -1.26. The minimum absolute atomic E-state index is 0.229. The van der Waals surface area contributed by atoms with Gasteiger partial charge in [0, 0.05) is 43.6 Å². The van der Waals surface area contributed by atoms with E-state index in [0.717, 1.165) is 51.9 Å². The first kappa shape index (κ1) is 34.9. The Hall–Kier alpha value is -5.01. The molecule has 0 spiro atoms. The van der Waals surface area contributed by atoms with Crippen molar-refractivity contribution in [2.75, 3.05) is 45.5 Å². The number of methoxy groups -OCH3 is 1. The number of aliphatic carboxylic acids is 2. The van der Waals surface area contributed by atoms with Gasteiger partial charge in [0.2, 0.25) is 6.79 Å². The number of fused-ring (bicyclic) bond motifs is 2. The molecule has 0 saturated heterocycles. The molecule has 0 aromatic heterocycles. The molecule has 2 N–H and O–H groups in total. The smallest absolute Gasteiger partial charge is 0.328 e. The number of thioether (sulfide) groups is 1. The summed E-state index contributed by atoms with van der Waals surface area (Å²) in [7, 11) is 3.65. The lowest BCUT2D eigenvalue weighted by Crippen LogP contribution is -2.45. The molecular formula is C34H36N2O10S. The second-order valence-electron chi connectivity index (χ2n) is 10.5. The zero-order valence-electron chi connectivity index (χ0n) is 26.2. The summed E-state index contributed by atoms with van der Waals surface area (Å²) in [6.07, 6.45) is 0.987. The summed E-state index contributed by atoms with van der Waals surface area (Å²) in [5.41, 5.74) is 2.87. The number of ether oxygens (including phenoxy) is 4. The first-order valence-electron chi connectivity index (χ1n) is 14.6. The predicted molar refractivity (Wildman–Crippen MR) is 174 cm³/mol. The topological polar surface area (TPSA) is 152 Å². The van der Waals surface area contributed by atoms with E-state index in [0.29, 0.717) is 25.2 Å². The number of benzene rings is 3. The molecule has 248 valence electrons. The number of rotatable bonds is 11. The molecular weight excluding hydrogens is 628 g/mol. The summed E-state index contributed by atoms with van der Waals surface area (Å²) in [5, 5.41) is 15.2. The second-order valence-corrected chi connectivity index (χ2v) is 11.7. The fourth-order valence-electron chi connectivity index (χ4n) is 4.88. The fraction of sp³-hybridized carbons (Fsp3) is 0.294. The number of amides is 1. The highest BCUT2D eigenvalue weighted by atomic mass is 32.2. The van der Waals surface area contributed by atoms with Crippen LogP contribution in [0.2, 0.25) is 0 Å². The predicted octanol–water partition coefficient (Wildman–Crippen LogP) is 4.42. The molecule has 47 heavy (non-hydrogen) atoms. The van der Waals surface area contributed by atoms with Crippen LogP contribution in [0.5, 0.6) is 17.2 Å². The van der Waals surface area contributed by atoms with Crippen LogP contribution in [-0.4, -0.2) is 85.6 Å². The van der Waals surface area contributed by atoms with Crippen molar-refractivity contribution in [3.63, 3.8) is 0 Å². The summed E-state index contributed by atoms with van der Waals surface area (Å²) >= 11 is 1.54. The molecule has 2 atom stereocenters. The lowest BCUT2D eigenvalue weighted by Gasteiger charge is -2.29. The molecule has 0 radical (unpaired) electrons. The first-order valence-corrected chi connectivity index (χ1v) is 15.5. The molecule has 13 heteroatoms. The molecule has 0 fully saturated rings. The average Bonchev–Trinajstić information content (AvgIpc) is 3.49. The molecule has 0 aliphatic carbocycles. The third-order valence-corrected chi connectivity index (χ3v) is 8.60. The van der Waals surface area contributed by atoms with Gasteiger partial charge in [-0.15, -0.1) is 11.8 Å². The monoisotopic (exact) mass is 664 g/mol. The van der Waals surface area contributed by atoms with E-state index >= 15 is 0 Å². The van der Waals surface area contributed by atoms with Gasteiger partial charge in [0.1, 0.15) is 5.75 Å². The number of para-hydroxylation sites is 1. The Labute approximate surface area is 276 Å². The van der Waals surface area contributed by atoms with Crippen LogP contribution in [0.1, 0.15) is 23.3 Å². The Morgan fingerprint density at radius 1 is 0.979 bits per heavy atom. The number of nitrogens with zero attached hydrogens (tertiary/aromatic N) is 2. The Morgan fingerprint density at radius 2 is 1.66 bits per heavy atom. The van der Waals surface area contributed by atoms with E-state index in [1.165, 1.54) is 18.7 Å². The van der Waals surface area contributed by atoms with E-state index < -0.39 is 29.3 Å². The minimum Gasteiger partial charge on any atom is -0.497 e. The molecule has 1 amide bonds. The number of hydrogen-bond acceptors (Lipinski definition) is 10. The van der Waals surface area contributed by atoms with E-state index in [1.54, 1.807) is 12.0 Å². The Kier molecular flexibility index (Phi) is 12.3. The summed E-state index contributed by atoms with van der Waals surface area (Å²) in [6, 6.07) is 21.4. The maximum absolute atomic E-state index is 14.0. The molecule has 0 unspecified atom stereocenters. The van der Waals surface area contributed by atoms with Gasteiger partial charge in [0.25, 0.3) is 5.91 Å². The van der Waals surface area contributed by atoms with Crippen LogP contribution in [0.4, 0.5) is 5.69 Å². The number of likely N-dealkylation sites (N-methyl/N-ethyl adjacent to an activating group) is 1. The largest absolute Gasteiger partial charge is 0.497 e. The Morgan fingerprint density at radius 3 is 2.32 bits per heavy atom. The first-order chi connectivity index (χ1) is 22.5. The van der Waals surface area contributed by atoms with Crippen LogP contribution in [0.3, 0.4) is 0 Å². The van der Waals surface area contributed by atoms with Crippen molar-refractivity contribution < 1.29 is 48.3 Å². The zero-order chi connectivity index (χ0) is 33.9. The highest BCUT2D eigenvalue weighted by Crippen LogP contribution is 2.47. The molecule has 0 saturated carbocycles. The van der Waals surface area contributed by atoms with Crippen LogP contribution in [-0.2, 0) is 30.3 Å². The molecule has 0 bridgehead atoms. The number of carboxylic acid groups (broad SMARTS) is 2. The highest BCUT2D eigenvalue weighted by Gasteiger charge is 2.40. The third kappa shape index (κ3) is 9.74. The van der Waals surface area contributed by atoms with Crippen LogP contribution >= 0.6 is 11.8 Å². The van der Waals surface area contributed by atoms with E-state index in [1.807, 2.05) is 67.7 Å². The van der Waals surface area contributed by atoms with Crippen molar-refractivity contribution >= 4 is 41.3 Å². The van der Waals surface area contributed by atoms with Crippen LogP contribution < -0.4 is 19.1 Å². The van der Waals surface area contributed by atoms with Crippen molar-refractivity contribution in [2.45, 2.75) is 29.6 Å². The van der Waals surface area contributed by atoms with E-state index in [4.69, 9.17) is 29.2 Å². The number of esters is 1. The number of anilines is 1. The second kappa shape index (κ2) is 16.5. The summed E-state index contributed by atoms with van der Waals surface area (Å²) in [4.78, 5) is 50.2. The van der Waals surface area contributed by atoms with Gasteiger partial charge >= 0.3 is 17.9 Å². The third-order valence-electron chi connectivity index (χ3n) is 7.22. The maximum atomic E-state index is 14.0. The Bertz CT molecular complexity index is 1590. The quantitative estimate of drug-likeness (QED) is 0.220. The lowest BCUT2D eigenvalue weighted by molar-refractivity contribution is -0.152. The van der Waals surface area contributed by atoms with Crippen molar-refractivity contribution in [1.82, 2.24) is 4.90 Å². The summed E-state index contributed by atoms with van der Waals surface area (Å²) in [5.74, 6) is -0.953. The fourth-order valence-corrected chi connectivity index (χ4v) is 6.20. The molecule has 3 aromatic carbocycles. The van der Waals surface area contributed by atoms with Crippen molar-refractivity contribution in [2.24, 2.45) is 0 Å². The van der Waals surface area contributed by atoms with Gasteiger partial charge in [0.05, 0.1) is 18.0 Å². The van der Waals surface area contributed by atoms with Crippen LogP contribution in [0, 0.1) is 0 Å². The Balaban J connectivity index is 0.000000555. The van der Waals surface area contributed by atoms with Crippen molar-refractivity contribution in [3.05, 3.63) is 90.0 Å². The number of carbonyl (C=O) groups is 4. The SMILES string of the molecule is COc1ccc([C@H]2Sc3ccccc3N(CCN(C)CCc3ccc4c(c3)OCO4)C(=O)[C@H]2OC(C)=O)cc1.O=C(O)/C=C/C(=O)O. The zero-order valence-corrected chi connectivity index (χ0v) is 27.0. The van der Waals surface area contributed by atoms with Crippen molar-refractivity contribution in [3.8, 4) is 17.2 Å². The number of carbonyl (C=O) groups excluding carboxylic acids is 2. The van der Waals surface area contributed by atoms with E-state index in [-0.39, 0.29) is 12.7 Å². The van der Waals surface area contributed by atoms with Gasteiger partial charge in [-0.25, -0.2) is 9.59 Å². The van der Waals surface area contributed by atoms with E-state index in [2.05, 4.69) is 11.0 Å². The van der Waals surface area contributed by atoms with Gasteiger partial charge in [-0.2, -0.15) is 0 Å². The normalized spacial score (nSPS) is 16.6. The van der Waals surface area contributed by atoms with Gasteiger partial charge in [0.15, 0.2) is 17.6 Å². The number of hydrogen-bond donors (Lipinski definition) is 2. The molecule has 5 rings (SSSR count). The van der Waals surface area contributed by atoms with E-state index in [9.17, 15) is 19.2 Å². The summed E-state index contributed by atoms with van der Waals surface area (Å²) < 4.78 is 21.9. The van der Waals surface area contributed by atoms with Crippen molar-refractivity contribution in [1.29, 1.82) is 0 Å². The molecule has 12 nitrogen and oxygen atoms in total. The van der Waals surface area contributed by atoms with Gasteiger partial charge < -0.3 is 39.0 Å². The van der Waals surface area contributed by atoms with Gasteiger partial charge in [-0.1, -0.05) is 30.3 Å². The van der Waals surface area contributed by atoms with Gasteiger partial charge in [-0.05, 0) is 61.0 Å². The summed E-state index contributed by atoms with van der Waals surface area (Å²) in [6.45, 7) is 3.52. The van der Waals surface area contributed by atoms with Gasteiger partial charge in [-0.3, -0.25) is 9.59 Å².